The summed E-state index contributed by atoms with van der Waals surface area (Å²) in [4.78, 5) is 14.7. The predicted molar refractivity (Wildman–Crippen MR) is 106 cm³/mol. The van der Waals surface area contributed by atoms with E-state index in [1.807, 2.05) is 49.4 Å². The van der Waals surface area contributed by atoms with Gasteiger partial charge in [-0.3, -0.25) is 0 Å². The summed E-state index contributed by atoms with van der Waals surface area (Å²) in [7, 11) is 0. The quantitative estimate of drug-likeness (QED) is 0.786. The lowest BCUT2D eigenvalue weighted by atomic mass is 10.1. The Hall–Kier alpha value is -2.53. The zero-order valence-corrected chi connectivity index (χ0v) is 15.3. The number of hydrogen-bond donors (Lipinski definition) is 2. The molecule has 138 valence electrons. The van der Waals surface area contributed by atoms with Gasteiger partial charge in [-0.1, -0.05) is 36.4 Å². The highest BCUT2D eigenvalue weighted by Crippen LogP contribution is 2.28. The summed E-state index contributed by atoms with van der Waals surface area (Å²) in [5, 5.41) is 5.96. The van der Waals surface area contributed by atoms with Gasteiger partial charge in [0, 0.05) is 26.2 Å². The lowest BCUT2D eigenvalue weighted by Gasteiger charge is -2.21. The average Bonchev–Trinajstić information content (AvgIpc) is 3.20. The van der Waals surface area contributed by atoms with Crippen LogP contribution in [0.2, 0.25) is 0 Å². The normalized spacial score (nSPS) is 13.7. The first-order valence-corrected chi connectivity index (χ1v) is 9.31. The van der Waals surface area contributed by atoms with Gasteiger partial charge in [-0.2, -0.15) is 0 Å². The molecule has 1 aliphatic heterocycles. The molecule has 0 spiro atoms. The Labute approximate surface area is 155 Å². The van der Waals surface area contributed by atoms with Crippen molar-refractivity contribution < 1.29 is 9.53 Å². The summed E-state index contributed by atoms with van der Waals surface area (Å²) in [5.74, 6) is 0. The van der Waals surface area contributed by atoms with Gasteiger partial charge in [0.15, 0.2) is 0 Å². The van der Waals surface area contributed by atoms with Crippen LogP contribution in [0.4, 0.5) is 16.2 Å². The summed E-state index contributed by atoms with van der Waals surface area (Å²) in [6, 6.07) is 15.8. The molecule has 26 heavy (non-hydrogen) atoms. The SMILES string of the molecule is CCOCc1ccccc1CNC(=O)Nc1ccccc1N1CCCC1. The van der Waals surface area contributed by atoms with Crippen molar-refractivity contribution in [3.05, 3.63) is 59.7 Å². The highest BCUT2D eigenvalue weighted by Gasteiger charge is 2.16. The van der Waals surface area contributed by atoms with Gasteiger partial charge in [-0.15, -0.1) is 0 Å². The van der Waals surface area contributed by atoms with E-state index in [9.17, 15) is 4.79 Å². The van der Waals surface area contributed by atoms with Crippen LogP contribution in [0, 0.1) is 0 Å². The van der Waals surface area contributed by atoms with E-state index in [1.165, 1.54) is 12.8 Å². The van der Waals surface area contributed by atoms with E-state index in [-0.39, 0.29) is 6.03 Å². The van der Waals surface area contributed by atoms with E-state index in [0.717, 1.165) is 35.6 Å². The van der Waals surface area contributed by atoms with Crippen molar-refractivity contribution in [2.24, 2.45) is 0 Å². The summed E-state index contributed by atoms with van der Waals surface area (Å²) < 4.78 is 5.50. The van der Waals surface area contributed by atoms with Crippen LogP contribution in [0.5, 0.6) is 0 Å². The van der Waals surface area contributed by atoms with Gasteiger partial charge in [-0.05, 0) is 43.0 Å². The largest absolute Gasteiger partial charge is 0.377 e. The fourth-order valence-corrected chi connectivity index (χ4v) is 3.24. The molecule has 2 amide bonds. The number of para-hydroxylation sites is 2. The standard InChI is InChI=1S/C21H27N3O2/c1-2-26-16-18-10-4-3-9-17(18)15-22-21(25)23-19-11-5-6-12-20(19)24-13-7-8-14-24/h3-6,9-12H,2,7-8,13-16H2,1H3,(H2,22,23,25). The molecular formula is C21H27N3O2. The van der Waals surface area contributed by atoms with Crippen molar-refractivity contribution in [1.29, 1.82) is 0 Å². The first-order chi connectivity index (χ1) is 12.8. The lowest BCUT2D eigenvalue weighted by molar-refractivity contribution is 0.133. The second kappa shape index (κ2) is 9.25. The molecule has 2 aromatic rings. The molecular weight excluding hydrogens is 326 g/mol. The van der Waals surface area contributed by atoms with E-state index in [0.29, 0.717) is 19.8 Å². The van der Waals surface area contributed by atoms with Crippen molar-refractivity contribution in [3.63, 3.8) is 0 Å². The Kier molecular flexibility index (Phi) is 6.50. The molecule has 2 aromatic carbocycles. The van der Waals surface area contributed by atoms with Crippen LogP contribution in [0.3, 0.4) is 0 Å². The van der Waals surface area contributed by atoms with E-state index in [1.54, 1.807) is 0 Å². The third-order valence-electron chi connectivity index (χ3n) is 4.62. The maximum atomic E-state index is 12.4. The molecule has 1 fully saturated rings. The van der Waals surface area contributed by atoms with Crippen LogP contribution >= 0.6 is 0 Å². The third kappa shape index (κ3) is 4.76. The second-order valence-corrected chi connectivity index (χ2v) is 6.42. The molecule has 1 heterocycles. The van der Waals surface area contributed by atoms with Crippen LogP contribution in [-0.2, 0) is 17.9 Å². The molecule has 1 saturated heterocycles. The highest BCUT2D eigenvalue weighted by atomic mass is 16.5. The molecule has 0 aromatic heterocycles. The number of rotatable bonds is 7. The average molecular weight is 353 g/mol. The molecule has 0 aliphatic carbocycles. The van der Waals surface area contributed by atoms with E-state index >= 15 is 0 Å². The van der Waals surface area contributed by atoms with E-state index in [2.05, 4.69) is 21.6 Å². The molecule has 0 unspecified atom stereocenters. The summed E-state index contributed by atoms with van der Waals surface area (Å²) in [5.41, 5.74) is 4.13. The minimum Gasteiger partial charge on any atom is -0.377 e. The Bertz CT molecular complexity index is 727. The van der Waals surface area contributed by atoms with Gasteiger partial charge in [0.05, 0.1) is 18.0 Å². The maximum Gasteiger partial charge on any atom is 0.319 e. The fraction of sp³-hybridized carbons (Fsp3) is 0.381. The van der Waals surface area contributed by atoms with Crippen molar-refractivity contribution in [3.8, 4) is 0 Å². The van der Waals surface area contributed by atoms with E-state index < -0.39 is 0 Å². The van der Waals surface area contributed by atoms with Gasteiger partial charge in [-0.25, -0.2) is 4.79 Å². The molecule has 0 bridgehead atoms. The van der Waals surface area contributed by atoms with Crippen LogP contribution < -0.4 is 15.5 Å². The number of carbonyl (C=O) groups is 1. The molecule has 0 radical (unpaired) electrons. The number of anilines is 2. The minimum atomic E-state index is -0.192. The zero-order chi connectivity index (χ0) is 18.2. The van der Waals surface area contributed by atoms with Crippen LogP contribution in [0.15, 0.2) is 48.5 Å². The minimum absolute atomic E-state index is 0.192. The molecule has 3 rings (SSSR count). The molecule has 0 atom stereocenters. The van der Waals surface area contributed by atoms with Gasteiger partial charge in [0.25, 0.3) is 0 Å². The van der Waals surface area contributed by atoms with Crippen molar-refractivity contribution in [1.82, 2.24) is 5.32 Å². The summed E-state index contributed by atoms with van der Waals surface area (Å²) >= 11 is 0. The van der Waals surface area contributed by atoms with Gasteiger partial charge >= 0.3 is 6.03 Å². The first-order valence-electron chi connectivity index (χ1n) is 9.31. The summed E-state index contributed by atoms with van der Waals surface area (Å²) in [6.07, 6.45) is 2.41. The smallest absolute Gasteiger partial charge is 0.319 e. The number of nitrogens with one attached hydrogen (secondary N) is 2. The zero-order valence-electron chi connectivity index (χ0n) is 15.3. The van der Waals surface area contributed by atoms with E-state index in [4.69, 9.17) is 4.74 Å². The van der Waals surface area contributed by atoms with Gasteiger partial charge in [0.1, 0.15) is 0 Å². The van der Waals surface area contributed by atoms with Crippen molar-refractivity contribution in [2.45, 2.75) is 32.9 Å². The topological polar surface area (TPSA) is 53.6 Å². The molecule has 2 N–H and O–H groups in total. The van der Waals surface area contributed by atoms with Gasteiger partial charge < -0.3 is 20.3 Å². The lowest BCUT2D eigenvalue weighted by Crippen LogP contribution is -2.29. The number of ether oxygens (including phenoxy) is 1. The van der Waals surface area contributed by atoms with Gasteiger partial charge in [0.2, 0.25) is 0 Å². The highest BCUT2D eigenvalue weighted by molar-refractivity contribution is 5.93. The van der Waals surface area contributed by atoms with Crippen LogP contribution in [-0.4, -0.2) is 25.7 Å². The monoisotopic (exact) mass is 353 g/mol. The molecule has 0 saturated carbocycles. The Morgan fingerprint density at radius 2 is 1.73 bits per heavy atom. The number of carbonyl (C=O) groups excluding carboxylic acids is 1. The Balaban J connectivity index is 1.60. The number of amides is 2. The number of hydrogen-bond acceptors (Lipinski definition) is 3. The Morgan fingerprint density at radius 1 is 1.04 bits per heavy atom. The predicted octanol–water partition coefficient (Wildman–Crippen LogP) is 4.15. The molecule has 5 nitrogen and oxygen atoms in total. The molecule has 5 heteroatoms. The Morgan fingerprint density at radius 3 is 2.50 bits per heavy atom. The fourth-order valence-electron chi connectivity index (χ4n) is 3.24. The third-order valence-corrected chi connectivity index (χ3v) is 4.62. The van der Waals surface area contributed by atoms with Crippen LogP contribution in [0.1, 0.15) is 30.9 Å². The van der Waals surface area contributed by atoms with Crippen molar-refractivity contribution in [2.75, 3.05) is 29.9 Å². The maximum absolute atomic E-state index is 12.4. The van der Waals surface area contributed by atoms with Crippen LogP contribution in [0.25, 0.3) is 0 Å². The van der Waals surface area contributed by atoms with Crippen molar-refractivity contribution >= 4 is 17.4 Å². The number of urea groups is 1. The summed E-state index contributed by atoms with van der Waals surface area (Å²) in [6.45, 7) is 5.78. The first kappa shape index (κ1) is 18.3. The molecule has 1 aliphatic rings. The number of benzene rings is 2. The second-order valence-electron chi connectivity index (χ2n) is 6.42. The number of nitrogens with zero attached hydrogens (tertiary/aromatic N) is 1.